The zero-order valence-electron chi connectivity index (χ0n) is 5.01. The van der Waals surface area contributed by atoms with Crippen LogP contribution in [0.4, 0.5) is 4.79 Å². The Morgan fingerprint density at radius 3 is 2.89 bits per heavy atom. The molecule has 4 nitrogen and oxygen atoms in total. The molecule has 0 heterocycles. The zero-order valence-corrected chi connectivity index (χ0v) is 5.01. The Morgan fingerprint density at radius 1 is 1.78 bits per heavy atom. The molecule has 9 heavy (non-hydrogen) atoms. The van der Waals surface area contributed by atoms with Crippen molar-refractivity contribution in [3.05, 3.63) is 12.3 Å². The number of allylic oxidation sites excluding steroid dienone is 1. The lowest BCUT2D eigenvalue weighted by Crippen LogP contribution is -2.28. The predicted octanol–water partition coefficient (Wildman–Crippen LogP) is -0.0473. The van der Waals surface area contributed by atoms with Gasteiger partial charge in [-0.2, -0.15) is 5.26 Å². The second-order valence-corrected chi connectivity index (χ2v) is 1.19. The topological polar surface area (TPSA) is 64.9 Å². The lowest BCUT2D eigenvalue weighted by atomic mass is 10.7. The first-order valence-electron chi connectivity index (χ1n) is 2.34. The zero-order chi connectivity index (χ0) is 7.11. The number of nitrogens with one attached hydrogen (secondary N) is 2. The molecule has 0 aliphatic heterocycles. The van der Waals surface area contributed by atoms with Gasteiger partial charge in [0.2, 0.25) is 0 Å². The minimum atomic E-state index is -0.332. The van der Waals surface area contributed by atoms with Crippen molar-refractivity contribution in [2.75, 3.05) is 7.05 Å². The van der Waals surface area contributed by atoms with Gasteiger partial charge in [0.05, 0.1) is 6.07 Å². The van der Waals surface area contributed by atoms with Crippen molar-refractivity contribution in [3.63, 3.8) is 0 Å². The van der Waals surface area contributed by atoms with E-state index in [0.717, 1.165) is 0 Å². The third-order valence-corrected chi connectivity index (χ3v) is 0.599. The highest BCUT2D eigenvalue weighted by Crippen LogP contribution is 1.63. The Morgan fingerprint density at radius 2 is 2.44 bits per heavy atom. The van der Waals surface area contributed by atoms with Gasteiger partial charge in [-0.1, -0.05) is 0 Å². The number of carbonyl (C=O) groups is 1. The predicted molar refractivity (Wildman–Crippen MR) is 32.3 cm³/mol. The Bertz CT molecular complexity index is 156. The standard InChI is InChI=1S/C5H7N3O/c1-7-5(9)8-4-2-3-6/h2,4H,1H3,(H2,7,8,9)/b4-2-. The number of carbonyl (C=O) groups excluding carboxylic acids is 1. The van der Waals surface area contributed by atoms with Gasteiger partial charge in [0.15, 0.2) is 0 Å². The molecule has 0 unspecified atom stereocenters. The van der Waals surface area contributed by atoms with Crippen LogP contribution in [0.1, 0.15) is 0 Å². The average Bonchev–Trinajstić information content (AvgIpc) is 1.89. The molecule has 0 radical (unpaired) electrons. The van der Waals surface area contributed by atoms with E-state index in [2.05, 4.69) is 10.6 Å². The highest BCUT2D eigenvalue weighted by Gasteiger charge is 1.85. The van der Waals surface area contributed by atoms with Crippen molar-refractivity contribution >= 4 is 6.03 Å². The maximum Gasteiger partial charge on any atom is 0.318 e. The molecule has 4 heteroatoms. The quantitative estimate of drug-likeness (QED) is 0.482. The van der Waals surface area contributed by atoms with E-state index in [-0.39, 0.29) is 6.03 Å². The fourth-order valence-corrected chi connectivity index (χ4v) is 0.227. The smallest absolute Gasteiger partial charge is 0.318 e. The van der Waals surface area contributed by atoms with Crippen LogP contribution in [-0.2, 0) is 0 Å². The number of hydrogen-bond donors (Lipinski definition) is 2. The van der Waals surface area contributed by atoms with Gasteiger partial charge in [0.1, 0.15) is 0 Å². The highest BCUT2D eigenvalue weighted by atomic mass is 16.2. The van der Waals surface area contributed by atoms with Crippen molar-refractivity contribution in [2.45, 2.75) is 0 Å². The monoisotopic (exact) mass is 125 g/mol. The molecule has 0 rings (SSSR count). The van der Waals surface area contributed by atoms with Crippen LogP contribution in [0.25, 0.3) is 0 Å². The summed E-state index contributed by atoms with van der Waals surface area (Å²) < 4.78 is 0. The summed E-state index contributed by atoms with van der Waals surface area (Å²) in [5.41, 5.74) is 0. The fraction of sp³-hybridized carbons (Fsp3) is 0.200. The normalized spacial score (nSPS) is 8.44. The molecule has 0 atom stereocenters. The van der Waals surface area contributed by atoms with E-state index in [1.165, 1.54) is 19.3 Å². The maximum absolute atomic E-state index is 10.3. The SMILES string of the molecule is CNC(=O)N/C=C\C#N. The second-order valence-electron chi connectivity index (χ2n) is 1.19. The van der Waals surface area contributed by atoms with Gasteiger partial charge in [-0.25, -0.2) is 4.79 Å². The second kappa shape index (κ2) is 4.65. The van der Waals surface area contributed by atoms with E-state index in [4.69, 9.17) is 5.26 Å². The first-order chi connectivity index (χ1) is 4.31. The number of urea groups is 1. The molecule has 0 aromatic carbocycles. The van der Waals surface area contributed by atoms with E-state index in [1.54, 1.807) is 6.07 Å². The summed E-state index contributed by atoms with van der Waals surface area (Å²) in [6, 6.07) is 1.39. The largest absolute Gasteiger partial charge is 0.341 e. The molecule has 48 valence electrons. The van der Waals surface area contributed by atoms with Crippen LogP contribution in [0.2, 0.25) is 0 Å². The molecule has 0 saturated carbocycles. The molecule has 0 aromatic heterocycles. The minimum Gasteiger partial charge on any atom is -0.341 e. The van der Waals surface area contributed by atoms with Crippen LogP contribution in [0.5, 0.6) is 0 Å². The molecule has 0 fully saturated rings. The Kier molecular flexibility index (Phi) is 3.88. The van der Waals surface area contributed by atoms with Crippen LogP contribution < -0.4 is 10.6 Å². The summed E-state index contributed by atoms with van der Waals surface area (Å²) in [5.74, 6) is 0. The van der Waals surface area contributed by atoms with Gasteiger partial charge < -0.3 is 10.6 Å². The summed E-state index contributed by atoms with van der Waals surface area (Å²) in [6.07, 6.45) is 2.44. The summed E-state index contributed by atoms with van der Waals surface area (Å²) in [5, 5.41) is 12.5. The van der Waals surface area contributed by atoms with Crippen LogP contribution in [-0.4, -0.2) is 13.1 Å². The Labute approximate surface area is 53.2 Å². The van der Waals surface area contributed by atoms with Crippen molar-refractivity contribution in [3.8, 4) is 6.07 Å². The van der Waals surface area contributed by atoms with Gasteiger partial charge in [-0.05, 0) is 0 Å². The van der Waals surface area contributed by atoms with E-state index in [0.29, 0.717) is 0 Å². The van der Waals surface area contributed by atoms with Gasteiger partial charge in [0.25, 0.3) is 0 Å². The number of nitrogens with zero attached hydrogens (tertiary/aromatic N) is 1. The molecule has 0 aliphatic carbocycles. The highest BCUT2D eigenvalue weighted by molar-refractivity contribution is 5.74. The summed E-state index contributed by atoms with van der Waals surface area (Å²) in [6.45, 7) is 0. The number of hydrogen-bond acceptors (Lipinski definition) is 2. The molecule has 2 amide bonds. The lowest BCUT2D eigenvalue weighted by molar-refractivity contribution is 0.246. The van der Waals surface area contributed by atoms with E-state index in [1.807, 2.05) is 0 Å². The van der Waals surface area contributed by atoms with E-state index in [9.17, 15) is 4.79 Å². The summed E-state index contributed by atoms with van der Waals surface area (Å²) >= 11 is 0. The van der Waals surface area contributed by atoms with Gasteiger partial charge in [-0.15, -0.1) is 0 Å². The maximum atomic E-state index is 10.3. The van der Waals surface area contributed by atoms with Crippen molar-refractivity contribution in [2.24, 2.45) is 0 Å². The third kappa shape index (κ3) is 4.35. The van der Waals surface area contributed by atoms with Gasteiger partial charge in [-0.3, -0.25) is 0 Å². The first kappa shape index (κ1) is 7.50. The molecule has 0 spiro atoms. The first-order valence-corrected chi connectivity index (χ1v) is 2.34. The molecule has 0 saturated heterocycles. The van der Waals surface area contributed by atoms with Gasteiger partial charge in [0, 0.05) is 19.3 Å². The molecular weight excluding hydrogens is 118 g/mol. The molecule has 2 N–H and O–H groups in total. The molecule has 0 aromatic rings. The van der Waals surface area contributed by atoms with Crippen molar-refractivity contribution in [1.29, 1.82) is 5.26 Å². The third-order valence-electron chi connectivity index (χ3n) is 0.599. The van der Waals surface area contributed by atoms with E-state index < -0.39 is 0 Å². The number of nitriles is 1. The van der Waals surface area contributed by atoms with Crippen molar-refractivity contribution in [1.82, 2.24) is 10.6 Å². The fourth-order valence-electron chi connectivity index (χ4n) is 0.227. The Balaban J connectivity index is 3.41. The lowest BCUT2D eigenvalue weighted by Gasteiger charge is -1.93. The molecular formula is C5H7N3O. The van der Waals surface area contributed by atoms with E-state index >= 15 is 0 Å². The summed E-state index contributed by atoms with van der Waals surface area (Å²) in [7, 11) is 1.50. The molecule has 0 aliphatic rings. The van der Waals surface area contributed by atoms with Crippen LogP contribution in [0, 0.1) is 11.3 Å². The van der Waals surface area contributed by atoms with Crippen LogP contribution >= 0.6 is 0 Å². The minimum absolute atomic E-state index is 0.332. The Hall–Kier alpha value is -1.50. The van der Waals surface area contributed by atoms with Crippen molar-refractivity contribution < 1.29 is 4.79 Å². The number of rotatable bonds is 1. The average molecular weight is 125 g/mol. The summed E-state index contributed by atoms with van der Waals surface area (Å²) in [4.78, 5) is 10.3. The van der Waals surface area contributed by atoms with Gasteiger partial charge >= 0.3 is 6.03 Å². The van der Waals surface area contributed by atoms with Crippen LogP contribution in [0.15, 0.2) is 12.3 Å². The number of amides is 2. The molecule has 0 bridgehead atoms. The van der Waals surface area contributed by atoms with Crippen LogP contribution in [0.3, 0.4) is 0 Å².